The van der Waals surface area contributed by atoms with Crippen LogP contribution in [-0.2, 0) is 4.79 Å². The van der Waals surface area contributed by atoms with Gasteiger partial charge in [0, 0.05) is 0 Å². The second-order valence-corrected chi connectivity index (χ2v) is 3.70. The molecule has 0 aromatic carbocycles. The lowest BCUT2D eigenvalue weighted by Crippen LogP contribution is -2.42. The minimum Gasteiger partial charge on any atom is -0.480 e. The van der Waals surface area contributed by atoms with Crippen molar-refractivity contribution >= 4 is 17.9 Å². The van der Waals surface area contributed by atoms with E-state index in [4.69, 9.17) is 5.11 Å². The summed E-state index contributed by atoms with van der Waals surface area (Å²) in [5.41, 5.74) is 1.31. The summed E-state index contributed by atoms with van der Waals surface area (Å²) in [4.78, 5) is 26.2. The Morgan fingerprint density at radius 3 is 2.44 bits per heavy atom. The first-order valence-electron chi connectivity index (χ1n) is 5.42. The number of nitrogens with zero attached hydrogens (tertiary/aromatic N) is 3. The third-order valence-corrected chi connectivity index (χ3v) is 2.33. The van der Waals surface area contributed by atoms with Crippen LogP contribution in [0.5, 0.6) is 0 Å². The number of rotatable bonds is 4. The second-order valence-electron chi connectivity index (χ2n) is 3.70. The van der Waals surface area contributed by atoms with Crippen LogP contribution < -0.4 is 10.6 Å². The molecule has 0 saturated carbocycles. The van der Waals surface area contributed by atoms with Crippen molar-refractivity contribution in [3.05, 3.63) is 11.4 Å². The zero-order valence-corrected chi connectivity index (χ0v) is 10.4. The predicted octanol–water partition coefficient (Wildman–Crippen LogP) is 0.473. The maximum absolute atomic E-state index is 11.5. The number of carboxylic acids is 1. The monoisotopic (exact) mass is 253 g/mol. The number of hydrogen-bond donors (Lipinski definition) is 3. The van der Waals surface area contributed by atoms with Crippen LogP contribution in [0.15, 0.2) is 0 Å². The van der Waals surface area contributed by atoms with Gasteiger partial charge in [0.05, 0.1) is 11.4 Å². The van der Waals surface area contributed by atoms with E-state index in [1.165, 1.54) is 0 Å². The van der Waals surface area contributed by atoms with Gasteiger partial charge in [-0.2, -0.15) is 5.10 Å². The SMILES string of the molecule is CC[C@@H](NC(=O)Nc1nnc(C)c(C)n1)C(=O)O. The molecular formula is C10H15N5O3. The van der Waals surface area contributed by atoms with Crippen molar-refractivity contribution in [1.82, 2.24) is 20.5 Å². The lowest BCUT2D eigenvalue weighted by atomic mass is 10.2. The van der Waals surface area contributed by atoms with Gasteiger partial charge in [0.25, 0.3) is 5.95 Å². The third kappa shape index (κ3) is 3.65. The van der Waals surface area contributed by atoms with E-state index in [1.807, 2.05) is 0 Å². The maximum Gasteiger partial charge on any atom is 0.326 e. The number of anilines is 1. The number of nitrogens with one attached hydrogen (secondary N) is 2. The van der Waals surface area contributed by atoms with Gasteiger partial charge in [-0.05, 0) is 20.3 Å². The molecule has 1 atom stereocenters. The summed E-state index contributed by atoms with van der Waals surface area (Å²) in [5, 5.41) is 20.9. The van der Waals surface area contributed by atoms with Crippen LogP contribution in [0, 0.1) is 13.8 Å². The van der Waals surface area contributed by atoms with Crippen molar-refractivity contribution in [1.29, 1.82) is 0 Å². The maximum atomic E-state index is 11.5. The van der Waals surface area contributed by atoms with Crippen LogP contribution >= 0.6 is 0 Å². The first kappa shape index (κ1) is 13.8. The minimum absolute atomic E-state index is 0.0378. The fraction of sp³-hybridized carbons (Fsp3) is 0.500. The normalized spacial score (nSPS) is 11.7. The van der Waals surface area contributed by atoms with E-state index in [9.17, 15) is 9.59 Å². The molecule has 0 aliphatic carbocycles. The molecular weight excluding hydrogens is 238 g/mol. The van der Waals surface area contributed by atoms with Gasteiger partial charge in [0.1, 0.15) is 6.04 Å². The zero-order chi connectivity index (χ0) is 13.7. The van der Waals surface area contributed by atoms with Crippen molar-refractivity contribution in [3.8, 4) is 0 Å². The standard InChI is InChI=1S/C10H15N5O3/c1-4-7(8(16)17)12-10(18)13-9-11-5(2)6(3)14-15-9/h7H,4H2,1-3H3,(H,16,17)(H2,11,12,13,15,18)/t7-/m1/s1. The number of carboxylic acid groups (broad SMARTS) is 1. The molecule has 98 valence electrons. The number of aromatic nitrogens is 3. The number of amides is 2. The van der Waals surface area contributed by atoms with Gasteiger partial charge >= 0.3 is 12.0 Å². The minimum atomic E-state index is -1.09. The Balaban J connectivity index is 2.64. The van der Waals surface area contributed by atoms with E-state index in [-0.39, 0.29) is 12.4 Å². The molecule has 1 rings (SSSR count). The summed E-state index contributed by atoms with van der Waals surface area (Å²) in [6.45, 7) is 5.14. The van der Waals surface area contributed by atoms with Crippen LogP contribution in [-0.4, -0.2) is 38.3 Å². The molecule has 18 heavy (non-hydrogen) atoms. The summed E-state index contributed by atoms with van der Waals surface area (Å²) < 4.78 is 0. The third-order valence-electron chi connectivity index (χ3n) is 2.33. The quantitative estimate of drug-likeness (QED) is 0.718. The molecule has 0 bridgehead atoms. The first-order valence-corrected chi connectivity index (χ1v) is 5.42. The number of carbonyl (C=O) groups is 2. The largest absolute Gasteiger partial charge is 0.480 e. The highest BCUT2D eigenvalue weighted by molar-refractivity contribution is 5.90. The molecule has 2 amide bonds. The molecule has 0 aliphatic heterocycles. The fourth-order valence-electron chi connectivity index (χ4n) is 1.14. The second kappa shape index (κ2) is 5.89. The van der Waals surface area contributed by atoms with E-state index < -0.39 is 18.0 Å². The Bertz CT molecular complexity index is 463. The zero-order valence-electron chi connectivity index (χ0n) is 10.4. The Labute approximate surface area is 104 Å². The molecule has 3 N–H and O–H groups in total. The molecule has 0 radical (unpaired) electrons. The molecule has 0 saturated heterocycles. The fourth-order valence-corrected chi connectivity index (χ4v) is 1.14. The van der Waals surface area contributed by atoms with Crippen molar-refractivity contribution < 1.29 is 14.7 Å². The lowest BCUT2D eigenvalue weighted by molar-refractivity contribution is -0.139. The van der Waals surface area contributed by atoms with Crippen LogP contribution in [0.3, 0.4) is 0 Å². The Morgan fingerprint density at radius 1 is 1.28 bits per heavy atom. The van der Waals surface area contributed by atoms with Gasteiger partial charge in [-0.15, -0.1) is 5.10 Å². The Kier molecular flexibility index (Phi) is 4.52. The van der Waals surface area contributed by atoms with E-state index in [0.29, 0.717) is 11.4 Å². The van der Waals surface area contributed by atoms with Gasteiger partial charge in [-0.3, -0.25) is 5.32 Å². The van der Waals surface area contributed by atoms with E-state index in [0.717, 1.165) is 0 Å². The van der Waals surface area contributed by atoms with Crippen LogP contribution in [0.25, 0.3) is 0 Å². The number of hydrogen-bond acceptors (Lipinski definition) is 5. The number of aryl methyl sites for hydroxylation is 2. The van der Waals surface area contributed by atoms with Crippen LogP contribution in [0.2, 0.25) is 0 Å². The number of carbonyl (C=O) groups excluding carboxylic acids is 1. The van der Waals surface area contributed by atoms with Crippen molar-refractivity contribution in [2.75, 3.05) is 5.32 Å². The smallest absolute Gasteiger partial charge is 0.326 e. The van der Waals surface area contributed by atoms with Gasteiger partial charge in [0.15, 0.2) is 0 Å². The Hall–Kier alpha value is -2.25. The summed E-state index contributed by atoms with van der Waals surface area (Å²) in [7, 11) is 0. The van der Waals surface area contributed by atoms with Crippen LogP contribution in [0.1, 0.15) is 24.7 Å². The number of urea groups is 1. The van der Waals surface area contributed by atoms with Crippen molar-refractivity contribution in [2.45, 2.75) is 33.2 Å². The van der Waals surface area contributed by atoms with Crippen LogP contribution in [0.4, 0.5) is 10.7 Å². The van der Waals surface area contributed by atoms with E-state index >= 15 is 0 Å². The average Bonchev–Trinajstić information content (AvgIpc) is 2.30. The summed E-state index contributed by atoms with van der Waals surface area (Å²) in [5.74, 6) is -1.05. The van der Waals surface area contributed by atoms with Gasteiger partial charge in [-0.25, -0.2) is 14.6 Å². The molecule has 0 spiro atoms. The Morgan fingerprint density at radius 2 is 1.94 bits per heavy atom. The topological polar surface area (TPSA) is 117 Å². The highest BCUT2D eigenvalue weighted by atomic mass is 16.4. The summed E-state index contributed by atoms with van der Waals surface area (Å²) in [6, 6.07) is -1.61. The van der Waals surface area contributed by atoms with E-state index in [1.54, 1.807) is 20.8 Å². The highest BCUT2D eigenvalue weighted by Crippen LogP contribution is 2.02. The average molecular weight is 253 g/mol. The van der Waals surface area contributed by atoms with E-state index in [2.05, 4.69) is 25.8 Å². The molecule has 8 heteroatoms. The number of aliphatic carboxylic acids is 1. The van der Waals surface area contributed by atoms with Crippen molar-refractivity contribution in [3.63, 3.8) is 0 Å². The lowest BCUT2D eigenvalue weighted by Gasteiger charge is -2.12. The molecule has 0 fully saturated rings. The molecule has 1 aromatic rings. The van der Waals surface area contributed by atoms with Crippen molar-refractivity contribution in [2.24, 2.45) is 0 Å². The highest BCUT2D eigenvalue weighted by Gasteiger charge is 2.18. The molecule has 1 heterocycles. The van der Waals surface area contributed by atoms with Gasteiger partial charge in [0.2, 0.25) is 0 Å². The summed E-state index contributed by atoms with van der Waals surface area (Å²) in [6.07, 6.45) is 0.286. The molecule has 0 unspecified atom stereocenters. The molecule has 0 aliphatic rings. The predicted molar refractivity (Wildman–Crippen MR) is 63.2 cm³/mol. The van der Waals surface area contributed by atoms with Gasteiger partial charge in [-0.1, -0.05) is 6.92 Å². The molecule has 8 nitrogen and oxygen atoms in total. The van der Waals surface area contributed by atoms with Gasteiger partial charge < -0.3 is 10.4 Å². The first-order chi connectivity index (χ1) is 8.43. The summed E-state index contributed by atoms with van der Waals surface area (Å²) >= 11 is 0. The molecule has 1 aromatic heterocycles.